The number of hydrogen-bond acceptors (Lipinski definition) is 4. The minimum atomic E-state index is -3.34. The lowest BCUT2D eigenvalue weighted by Crippen LogP contribution is -2.24. The summed E-state index contributed by atoms with van der Waals surface area (Å²) in [6, 6.07) is 2.50. The molecule has 24 heavy (non-hydrogen) atoms. The number of halogens is 3. The van der Waals surface area contributed by atoms with Crippen LogP contribution in [0.1, 0.15) is 24.1 Å². The molecule has 0 bridgehead atoms. The molecule has 0 amide bonds. The van der Waals surface area contributed by atoms with Crippen molar-refractivity contribution in [2.75, 3.05) is 14.2 Å². The number of aliphatic carboxylic acids is 1. The van der Waals surface area contributed by atoms with Gasteiger partial charge in [0.2, 0.25) is 0 Å². The van der Waals surface area contributed by atoms with Gasteiger partial charge in [-0.25, -0.2) is 13.2 Å². The van der Waals surface area contributed by atoms with Crippen molar-refractivity contribution in [3.8, 4) is 11.5 Å². The van der Waals surface area contributed by atoms with Crippen molar-refractivity contribution < 1.29 is 32.5 Å². The van der Waals surface area contributed by atoms with E-state index in [1.54, 1.807) is 0 Å². The van der Waals surface area contributed by atoms with E-state index in [-0.39, 0.29) is 34.6 Å². The van der Waals surface area contributed by atoms with Gasteiger partial charge in [-0.1, -0.05) is 0 Å². The summed E-state index contributed by atoms with van der Waals surface area (Å²) in [5.41, 5.74) is -1.37. The molecule has 8 heteroatoms. The topological polar surface area (TPSA) is 55.8 Å². The van der Waals surface area contributed by atoms with Gasteiger partial charge in [0.25, 0.3) is 5.92 Å². The van der Waals surface area contributed by atoms with Gasteiger partial charge >= 0.3 is 5.97 Å². The molecule has 1 aliphatic carbocycles. The summed E-state index contributed by atoms with van der Waals surface area (Å²) in [7, 11) is 2.59. The summed E-state index contributed by atoms with van der Waals surface area (Å²) in [5.74, 6) is -5.36. The lowest BCUT2D eigenvalue weighted by atomic mass is 9.97. The molecule has 0 saturated heterocycles. The number of fused-ring (bicyclic) bond motifs is 1. The van der Waals surface area contributed by atoms with Crippen molar-refractivity contribution in [3.05, 3.63) is 22.8 Å². The van der Waals surface area contributed by atoms with E-state index < -0.39 is 29.5 Å². The Bertz CT molecular complexity index is 811. The number of ether oxygens (including phenoxy) is 2. The molecule has 1 heterocycles. The molecule has 4 nitrogen and oxygen atoms in total. The van der Waals surface area contributed by atoms with Crippen LogP contribution in [0.5, 0.6) is 11.5 Å². The van der Waals surface area contributed by atoms with Crippen LogP contribution >= 0.6 is 11.3 Å². The average Bonchev–Trinajstić information content (AvgIpc) is 3.15. The number of carboxylic acids is 1. The fraction of sp³-hybridized carbons (Fsp3) is 0.438. The van der Waals surface area contributed by atoms with Gasteiger partial charge in [-0.2, -0.15) is 0 Å². The zero-order valence-electron chi connectivity index (χ0n) is 13.0. The fourth-order valence-electron chi connectivity index (χ4n) is 2.75. The highest BCUT2D eigenvalue weighted by atomic mass is 32.1. The highest BCUT2D eigenvalue weighted by molar-refractivity contribution is 7.19. The number of alkyl halides is 2. The van der Waals surface area contributed by atoms with Crippen molar-refractivity contribution in [2.45, 2.75) is 25.2 Å². The molecule has 2 aromatic rings. The van der Waals surface area contributed by atoms with Crippen LogP contribution < -0.4 is 9.47 Å². The quantitative estimate of drug-likeness (QED) is 0.829. The van der Waals surface area contributed by atoms with Gasteiger partial charge in [-0.3, -0.25) is 4.79 Å². The molecule has 0 radical (unpaired) electrons. The summed E-state index contributed by atoms with van der Waals surface area (Å²) >= 11 is 0.729. The van der Waals surface area contributed by atoms with Crippen molar-refractivity contribution >= 4 is 27.4 Å². The molecule has 0 unspecified atom stereocenters. The minimum absolute atomic E-state index is 0.00694. The van der Waals surface area contributed by atoms with Gasteiger partial charge in [-0.15, -0.1) is 11.3 Å². The van der Waals surface area contributed by atoms with E-state index in [4.69, 9.17) is 14.6 Å². The van der Waals surface area contributed by atoms with Gasteiger partial charge in [0, 0.05) is 22.6 Å². The molecule has 130 valence electrons. The molecule has 3 rings (SSSR count). The monoisotopic (exact) mass is 360 g/mol. The largest absolute Gasteiger partial charge is 0.493 e. The van der Waals surface area contributed by atoms with Crippen LogP contribution in [-0.4, -0.2) is 25.3 Å². The Morgan fingerprint density at radius 1 is 1.33 bits per heavy atom. The minimum Gasteiger partial charge on any atom is -0.493 e. The predicted molar refractivity (Wildman–Crippen MR) is 82.7 cm³/mol. The van der Waals surface area contributed by atoms with Crippen LogP contribution in [0.15, 0.2) is 12.1 Å². The predicted octanol–water partition coefficient (Wildman–Crippen LogP) is 4.40. The fourth-order valence-corrected chi connectivity index (χ4v) is 3.81. The molecule has 0 aliphatic heterocycles. The summed E-state index contributed by atoms with van der Waals surface area (Å²) in [5, 5.41) is 9.12. The van der Waals surface area contributed by atoms with Crippen LogP contribution in [0.3, 0.4) is 0 Å². The summed E-state index contributed by atoms with van der Waals surface area (Å²) < 4.78 is 53.8. The lowest BCUT2D eigenvalue weighted by molar-refractivity contribution is -0.148. The Morgan fingerprint density at radius 3 is 2.50 bits per heavy atom. The molecule has 1 aliphatic rings. The number of thiophene rings is 1. The third-order valence-electron chi connectivity index (χ3n) is 4.33. The highest BCUT2D eigenvalue weighted by Gasteiger charge is 2.56. The molecular formula is C16H15F3O4S. The smallest absolute Gasteiger partial charge is 0.309 e. The average molecular weight is 360 g/mol. The van der Waals surface area contributed by atoms with Crippen LogP contribution in [0.2, 0.25) is 0 Å². The van der Waals surface area contributed by atoms with E-state index >= 15 is 0 Å². The molecular weight excluding hydrogens is 345 g/mol. The number of rotatable bonds is 6. The second-order valence-corrected chi connectivity index (χ2v) is 7.00. The Kier molecular flexibility index (Phi) is 3.90. The van der Waals surface area contributed by atoms with Crippen LogP contribution in [0.25, 0.3) is 10.1 Å². The first-order valence-corrected chi connectivity index (χ1v) is 8.01. The Hall–Kier alpha value is -1.96. The van der Waals surface area contributed by atoms with E-state index in [0.717, 1.165) is 17.4 Å². The first kappa shape index (κ1) is 16.9. The maximum absolute atomic E-state index is 14.5. The van der Waals surface area contributed by atoms with Gasteiger partial charge < -0.3 is 14.6 Å². The second-order valence-electron chi connectivity index (χ2n) is 5.92. The van der Waals surface area contributed by atoms with Crippen molar-refractivity contribution in [2.24, 2.45) is 5.41 Å². The first-order valence-electron chi connectivity index (χ1n) is 7.20. The van der Waals surface area contributed by atoms with E-state index in [1.807, 2.05) is 0 Å². The van der Waals surface area contributed by atoms with E-state index in [1.165, 1.54) is 20.3 Å². The summed E-state index contributed by atoms with van der Waals surface area (Å²) in [4.78, 5) is 10.8. The van der Waals surface area contributed by atoms with E-state index in [9.17, 15) is 18.0 Å². The Morgan fingerprint density at radius 2 is 2.00 bits per heavy atom. The first-order chi connectivity index (χ1) is 11.2. The molecule has 0 atom stereocenters. The third-order valence-corrected chi connectivity index (χ3v) is 5.53. The molecule has 1 N–H and O–H groups in total. The van der Waals surface area contributed by atoms with E-state index in [2.05, 4.69) is 0 Å². The molecule has 0 spiro atoms. The zero-order valence-corrected chi connectivity index (χ0v) is 13.8. The third kappa shape index (κ3) is 2.58. The maximum Gasteiger partial charge on any atom is 0.309 e. The molecule has 1 fully saturated rings. The van der Waals surface area contributed by atoms with Crippen LogP contribution in [0.4, 0.5) is 13.2 Å². The SMILES string of the molecule is COc1cc2sc(C(F)(F)CC3(C(=O)O)CC3)cc2c(F)c1OC. The van der Waals surface area contributed by atoms with Crippen molar-refractivity contribution in [1.29, 1.82) is 0 Å². The lowest BCUT2D eigenvalue weighted by Gasteiger charge is -2.18. The van der Waals surface area contributed by atoms with Gasteiger partial charge in [-0.05, 0) is 18.9 Å². The van der Waals surface area contributed by atoms with Gasteiger partial charge in [0.1, 0.15) is 0 Å². The number of carboxylic acid groups (broad SMARTS) is 1. The zero-order chi connectivity index (χ0) is 17.7. The van der Waals surface area contributed by atoms with Gasteiger partial charge in [0.15, 0.2) is 17.3 Å². The maximum atomic E-state index is 14.5. The van der Waals surface area contributed by atoms with Crippen LogP contribution in [-0.2, 0) is 10.7 Å². The molecule has 1 aromatic heterocycles. The Labute approximate surface area is 139 Å². The number of benzene rings is 1. The van der Waals surface area contributed by atoms with Gasteiger partial charge in [0.05, 0.1) is 24.5 Å². The molecule has 1 saturated carbocycles. The van der Waals surface area contributed by atoms with Crippen molar-refractivity contribution in [1.82, 2.24) is 0 Å². The standard InChI is InChI=1S/C16H15F3O4S/c1-22-9-6-10-8(12(17)13(9)23-2)5-11(24-10)16(18,19)7-15(3-4-15)14(20)21/h5-6H,3-4,7H2,1-2H3,(H,20,21). The van der Waals surface area contributed by atoms with Crippen molar-refractivity contribution in [3.63, 3.8) is 0 Å². The second kappa shape index (κ2) is 5.54. The number of methoxy groups -OCH3 is 2. The Balaban J connectivity index is 2.04. The molecule has 1 aromatic carbocycles. The normalized spacial score (nSPS) is 16.2. The van der Waals surface area contributed by atoms with E-state index in [0.29, 0.717) is 4.70 Å². The summed E-state index contributed by atoms with van der Waals surface area (Å²) in [6.45, 7) is 0. The number of carbonyl (C=O) groups is 1. The summed E-state index contributed by atoms with van der Waals surface area (Å²) in [6.07, 6.45) is -0.310. The highest BCUT2D eigenvalue weighted by Crippen LogP contribution is 2.56. The number of hydrogen-bond donors (Lipinski definition) is 1. The van der Waals surface area contributed by atoms with Crippen LogP contribution in [0, 0.1) is 11.2 Å².